The normalized spacial score (nSPS) is 11.5. The number of nitrogen functional groups attached to an aromatic ring is 1. The van der Waals surface area contributed by atoms with Crippen LogP contribution in [0.4, 0.5) is 20.4 Å². The van der Waals surface area contributed by atoms with Crippen molar-refractivity contribution in [2.75, 3.05) is 10.5 Å². The molecule has 0 fully saturated rings. The molecule has 0 amide bonds. The lowest BCUT2D eigenvalue weighted by Gasteiger charge is -2.10. The van der Waals surface area contributed by atoms with Crippen molar-refractivity contribution in [3.63, 3.8) is 0 Å². The van der Waals surface area contributed by atoms with E-state index in [1.807, 2.05) is 0 Å². The van der Waals surface area contributed by atoms with E-state index in [2.05, 4.69) is 14.7 Å². The van der Waals surface area contributed by atoms with Gasteiger partial charge in [0, 0.05) is 11.8 Å². The average molecular weight is 385 g/mol. The van der Waals surface area contributed by atoms with Gasteiger partial charge in [-0.3, -0.25) is 4.72 Å². The molecule has 1 aromatic heterocycles. The first kappa shape index (κ1) is 17.2. The fourth-order valence-electron chi connectivity index (χ4n) is 2.12. The molecule has 0 bridgehead atoms. The second kappa shape index (κ2) is 6.34. The maximum Gasteiger partial charge on any atom is 0.264 e. The minimum Gasteiger partial charge on any atom is -0.369 e. The summed E-state index contributed by atoms with van der Waals surface area (Å²) in [6, 6.07) is 7.34. The largest absolute Gasteiger partial charge is 0.369 e. The average Bonchev–Trinajstić information content (AvgIpc) is 2.97. The Balaban J connectivity index is 1.87. The number of rotatable bonds is 4. The summed E-state index contributed by atoms with van der Waals surface area (Å²) < 4.78 is 53.7. The maximum atomic E-state index is 13.8. The quantitative estimate of drug-likeness (QED) is 0.600. The Morgan fingerprint density at radius 3 is 2.40 bits per heavy atom. The van der Waals surface area contributed by atoms with Crippen LogP contribution in [0.5, 0.6) is 0 Å². The monoisotopic (exact) mass is 384 g/mol. The summed E-state index contributed by atoms with van der Waals surface area (Å²) in [6.07, 6.45) is 1.53. The summed E-state index contributed by atoms with van der Waals surface area (Å²) in [5, 5.41) is -0.492. The van der Waals surface area contributed by atoms with Gasteiger partial charge >= 0.3 is 0 Å². The lowest BCUT2D eigenvalue weighted by Crippen LogP contribution is -2.15. The van der Waals surface area contributed by atoms with Gasteiger partial charge in [-0.2, -0.15) is 0 Å². The number of benzene rings is 2. The van der Waals surface area contributed by atoms with Gasteiger partial charge in [0.15, 0.2) is 5.95 Å². The number of aromatic amines is 1. The molecule has 1 heterocycles. The van der Waals surface area contributed by atoms with Crippen LogP contribution in [0.2, 0.25) is 5.02 Å². The molecule has 3 rings (SSSR count). The third-order valence-corrected chi connectivity index (χ3v) is 4.99. The number of nitrogens with one attached hydrogen (secondary N) is 2. The number of hydrogen-bond donors (Lipinski definition) is 3. The van der Waals surface area contributed by atoms with Gasteiger partial charge in [0.2, 0.25) is 0 Å². The van der Waals surface area contributed by atoms with Crippen molar-refractivity contribution in [1.82, 2.24) is 9.97 Å². The molecule has 0 radical (unpaired) electrons. The van der Waals surface area contributed by atoms with E-state index >= 15 is 0 Å². The van der Waals surface area contributed by atoms with Crippen LogP contribution in [-0.4, -0.2) is 18.4 Å². The lowest BCUT2D eigenvalue weighted by atomic mass is 10.1. The van der Waals surface area contributed by atoms with Gasteiger partial charge in [-0.15, -0.1) is 0 Å². The molecule has 0 unspecified atom stereocenters. The highest BCUT2D eigenvalue weighted by atomic mass is 35.5. The number of hydrogen-bond acceptors (Lipinski definition) is 4. The van der Waals surface area contributed by atoms with Crippen LogP contribution in [0.1, 0.15) is 0 Å². The zero-order chi connectivity index (χ0) is 18.2. The molecule has 3 aromatic rings. The highest BCUT2D eigenvalue weighted by molar-refractivity contribution is 7.92. The van der Waals surface area contributed by atoms with Crippen LogP contribution in [0.25, 0.3) is 11.3 Å². The summed E-state index contributed by atoms with van der Waals surface area (Å²) in [6.45, 7) is 0. The van der Waals surface area contributed by atoms with Gasteiger partial charge in [0.05, 0.1) is 16.9 Å². The highest BCUT2D eigenvalue weighted by Crippen LogP contribution is 2.26. The molecule has 2 aromatic carbocycles. The Labute approximate surface area is 146 Å². The number of halogens is 3. The third kappa shape index (κ3) is 3.57. The van der Waals surface area contributed by atoms with E-state index < -0.39 is 31.6 Å². The van der Waals surface area contributed by atoms with E-state index in [0.717, 1.165) is 11.6 Å². The summed E-state index contributed by atoms with van der Waals surface area (Å²) in [5.74, 6) is -2.02. The van der Waals surface area contributed by atoms with Crippen molar-refractivity contribution in [3.05, 3.63) is 59.3 Å². The minimum absolute atomic E-state index is 0.191. The van der Waals surface area contributed by atoms with E-state index in [-0.39, 0.29) is 11.6 Å². The van der Waals surface area contributed by atoms with Gasteiger partial charge in [-0.05, 0) is 23.8 Å². The smallest absolute Gasteiger partial charge is 0.264 e. The molecule has 4 N–H and O–H groups in total. The number of H-pyrrole nitrogens is 1. The van der Waals surface area contributed by atoms with Crippen LogP contribution in [0.3, 0.4) is 0 Å². The molecule has 0 atom stereocenters. The van der Waals surface area contributed by atoms with Gasteiger partial charge in [0.25, 0.3) is 10.0 Å². The first-order valence-electron chi connectivity index (χ1n) is 6.84. The fraction of sp³-hybridized carbons (Fsp3) is 0. The molecule has 0 aliphatic heterocycles. The van der Waals surface area contributed by atoms with E-state index in [1.165, 1.54) is 18.3 Å². The highest BCUT2D eigenvalue weighted by Gasteiger charge is 2.21. The molecule has 0 spiro atoms. The van der Waals surface area contributed by atoms with E-state index in [9.17, 15) is 17.2 Å². The molecule has 0 aliphatic carbocycles. The molecule has 130 valence electrons. The Hall–Kier alpha value is -2.65. The minimum atomic E-state index is -4.27. The van der Waals surface area contributed by atoms with Crippen LogP contribution in [0, 0.1) is 11.6 Å². The Kier molecular flexibility index (Phi) is 4.36. The molecular weight excluding hydrogens is 374 g/mol. The van der Waals surface area contributed by atoms with Gasteiger partial charge in [0.1, 0.15) is 16.5 Å². The molecule has 25 heavy (non-hydrogen) atoms. The molecule has 10 heteroatoms. The second-order valence-electron chi connectivity index (χ2n) is 5.06. The molecule has 0 aliphatic rings. The van der Waals surface area contributed by atoms with E-state index in [1.54, 1.807) is 12.1 Å². The summed E-state index contributed by atoms with van der Waals surface area (Å²) in [5.41, 5.74) is 7.07. The number of nitrogens with two attached hydrogens (primary N) is 1. The zero-order valence-electron chi connectivity index (χ0n) is 12.4. The summed E-state index contributed by atoms with van der Waals surface area (Å²) >= 11 is 5.53. The molecule has 6 nitrogen and oxygen atoms in total. The standard InChI is InChI=1S/C15H11ClF2N4O2S/c16-10-5-14(12(18)6-11(10)17)25(23,24)22-9-3-1-8(2-4-9)13-7-20-15(19)21-13/h1-7,22H,(H3,19,20,21). The summed E-state index contributed by atoms with van der Waals surface area (Å²) in [4.78, 5) is 5.95. The van der Waals surface area contributed by atoms with Crippen molar-refractivity contribution >= 4 is 33.3 Å². The number of aromatic nitrogens is 2. The number of imidazole rings is 1. The number of sulfonamides is 1. The fourth-order valence-corrected chi connectivity index (χ4v) is 3.49. The van der Waals surface area contributed by atoms with Crippen LogP contribution in [-0.2, 0) is 10.0 Å². The summed E-state index contributed by atoms with van der Waals surface area (Å²) in [7, 11) is -4.27. The zero-order valence-corrected chi connectivity index (χ0v) is 14.0. The molecule has 0 saturated heterocycles. The lowest BCUT2D eigenvalue weighted by molar-refractivity contribution is 0.551. The number of anilines is 2. The van der Waals surface area contributed by atoms with Crippen molar-refractivity contribution in [3.8, 4) is 11.3 Å². The van der Waals surface area contributed by atoms with Crippen LogP contribution in [0.15, 0.2) is 47.5 Å². The van der Waals surface area contributed by atoms with Crippen molar-refractivity contribution in [2.24, 2.45) is 0 Å². The second-order valence-corrected chi connectivity index (χ2v) is 7.12. The SMILES string of the molecule is Nc1ncc(-c2ccc(NS(=O)(=O)c3cc(Cl)c(F)cc3F)cc2)[nH]1. The Bertz CT molecular complexity index is 1040. The van der Waals surface area contributed by atoms with E-state index in [4.69, 9.17) is 17.3 Å². The first-order valence-corrected chi connectivity index (χ1v) is 8.70. The van der Waals surface area contributed by atoms with Gasteiger partial charge < -0.3 is 10.7 Å². The van der Waals surface area contributed by atoms with Crippen molar-refractivity contribution in [2.45, 2.75) is 4.90 Å². The topological polar surface area (TPSA) is 101 Å². The Morgan fingerprint density at radius 1 is 1.12 bits per heavy atom. The maximum absolute atomic E-state index is 13.8. The molecule has 0 saturated carbocycles. The van der Waals surface area contributed by atoms with Crippen molar-refractivity contribution < 1.29 is 17.2 Å². The third-order valence-electron chi connectivity index (χ3n) is 3.31. The van der Waals surface area contributed by atoms with Gasteiger partial charge in [-0.25, -0.2) is 22.2 Å². The molecular formula is C15H11ClF2N4O2S. The van der Waals surface area contributed by atoms with Crippen molar-refractivity contribution in [1.29, 1.82) is 0 Å². The van der Waals surface area contributed by atoms with Gasteiger partial charge in [-0.1, -0.05) is 23.7 Å². The van der Waals surface area contributed by atoms with Crippen LogP contribution < -0.4 is 10.5 Å². The first-order chi connectivity index (χ1) is 11.8. The predicted molar refractivity (Wildman–Crippen MR) is 90.6 cm³/mol. The van der Waals surface area contributed by atoms with E-state index in [0.29, 0.717) is 11.8 Å². The predicted octanol–water partition coefficient (Wildman–Crippen LogP) is 3.39. The Morgan fingerprint density at radius 2 is 1.80 bits per heavy atom. The van der Waals surface area contributed by atoms with Crippen LogP contribution >= 0.6 is 11.6 Å². The number of nitrogens with zero attached hydrogens (tertiary/aromatic N) is 1.